The number of hydrogen-bond acceptors (Lipinski definition) is 3. The lowest BCUT2D eigenvalue weighted by Gasteiger charge is -2.22. The molecule has 1 fully saturated rings. The maximum absolute atomic E-state index is 5.77. The maximum Gasteiger partial charge on any atom is 0.204 e. The molecule has 1 aliphatic heterocycles. The number of anilines is 1. The van der Waals surface area contributed by atoms with Gasteiger partial charge in [0.2, 0.25) is 5.95 Å². The standard InChI is InChI=1S/C12H16N4/c13-8-9-4-3-7-16(9)12-14-10-5-1-2-6-11(10)15-12/h1-2,5-6,9H,3-4,7-8,13H2,(H,14,15)/t9-/m1/s1. The molecule has 2 heterocycles. The van der Waals surface area contributed by atoms with E-state index < -0.39 is 0 Å². The number of nitrogens with one attached hydrogen (secondary N) is 1. The molecule has 0 amide bonds. The van der Waals surface area contributed by atoms with Crippen molar-refractivity contribution in [3.8, 4) is 0 Å². The van der Waals surface area contributed by atoms with Gasteiger partial charge in [-0.15, -0.1) is 0 Å². The zero-order chi connectivity index (χ0) is 11.0. The number of para-hydroxylation sites is 2. The number of fused-ring (bicyclic) bond motifs is 1. The Bertz CT molecular complexity index is 457. The van der Waals surface area contributed by atoms with Crippen molar-refractivity contribution in [2.24, 2.45) is 5.73 Å². The van der Waals surface area contributed by atoms with Gasteiger partial charge in [-0.3, -0.25) is 0 Å². The van der Waals surface area contributed by atoms with Gasteiger partial charge >= 0.3 is 0 Å². The van der Waals surface area contributed by atoms with Crippen LogP contribution in [-0.2, 0) is 0 Å². The fourth-order valence-corrected chi connectivity index (χ4v) is 2.43. The van der Waals surface area contributed by atoms with Crippen molar-refractivity contribution in [2.45, 2.75) is 18.9 Å². The lowest BCUT2D eigenvalue weighted by molar-refractivity contribution is 0.667. The average molecular weight is 216 g/mol. The number of rotatable bonds is 2. The first-order chi connectivity index (χ1) is 7.88. The molecule has 84 valence electrons. The molecule has 4 nitrogen and oxygen atoms in total. The zero-order valence-corrected chi connectivity index (χ0v) is 9.19. The number of nitrogens with two attached hydrogens (primary N) is 1. The highest BCUT2D eigenvalue weighted by molar-refractivity contribution is 5.77. The van der Waals surface area contributed by atoms with Crippen LogP contribution >= 0.6 is 0 Å². The summed E-state index contributed by atoms with van der Waals surface area (Å²) < 4.78 is 0. The van der Waals surface area contributed by atoms with E-state index in [-0.39, 0.29) is 0 Å². The van der Waals surface area contributed by atoms with Gasteiger partial charge in [0, 0.05) is 19.1 Å². The Morgan fingerprint density at radius 3 is 3.12 bits per heavy atom. The highest BCUT2D eigenvalue weighted by atomic mass is 15.3. The number of aromatic nitrogens is 2. The molecule has 0 aliphatic carbocycles. The van der Waals surface area contributed by atoms with Crippen molar-refractivity contribution in [2.75, 3.05) is 18.0 Å². The summed E-state index contributed by atoms with van der Waals surface area (Å²) in [5.41, 5.74) is 7.90. The normalized spacial score (nSPS) is 20.8. The van der Waals surface area contributed by atoms with Gasteiger partial charge in [0.15, 0.2) is 0 Å². The second-order valence-electron chi connectivity index (χ2n) is 4.30. The van der Waals surface area contributed by atoms with Crippen LogP contribution in [0.1, 0.15) is 12.8 Å². The van der Waals surface area contributed by atoms with Crippen LogP contribution < -0.4 is 10.6 Å². The van der Waals surface area contributed by atoms with Gasteiger partial charge in [-0.1, -0.05) is 12.1 Å². The van der Waals surface area contributed by atoms with Gasteiger partial charge in [-0.05, 0) is 25.0 Å². The second kappa shape index (κ2) is 3.79. The minimum Gasteiger partial charge on any atom is -0.338 e. The Hall–Kier alpha value is -1.55. The van der Waals surface area contributed by atoms with E-state index >= 15 is 0 Å². The van der Waals surface area contributed by atoms with Crippen LogP contribution in [0, 0.1) is 0 Å². The first kappa shape index (κ1) is 9.66. The van der Waals surface area contributed by atoms with Crippen molar-refractivity contribution in [1.29, 1.82) is 0 Å². The number of H-pyrrole nitrogens is 1. The number of hydrogen-bond donors (Lipinski definition) is 2. The van der Waals surface area contributed by atoms with E-state index in [0.717, 1.165) is 23.5 Å². The molecular formula is C12H16N4. The molecule has 0 unspecified atom stereocenters. The minimum atomic E-state index is 0.445. The summed E-state index contributed by atoms with van der Waals surface area (Å²) in [5.74, 6) is 0.967. The smallest absolute Gasteiger partial charge is 0.204 e. The van der Waals surface area contributed by atoms with E-state index in [1.807, 2.05) is 18.2 Å². The van der Waals surface area contributed by atoms with Crippen molar-refractivity contribution >= 4 is 17.0 Å². The largest absolute Gasteiger partial charge is 0.338 e. The molecule has 2 aromatic rings. The maximum atomic E-state index is 5.77. The van der Waals surface area contributed by atoms with Crippen LogP contribution in [0.3, 0.4) is 0 Å². The lowest BCUT2D eigenvalue weighted by atomic mass is 10.2. The van der Waals surface area contributed by atoms with E-state index in [0.29, 0.717) is 12.6 Å². The molecule has 1 saturated heterocycles. The van der Waals surface area contributed by atoms with E-state index in [1.54, 1.807) is 0 Å². The van der Waals surface area contributed by atoms with Crippen LogP contribution in [0.2, 0.25) is 0 Å². The summed E-state index contributed by atoms with van der Waals surface area (Å²) in [7, 11) is 0. The fourth-order valence-electron chi connectivity index (χ4n) is 2.43. The molecule has 0 radical (unpaired) electrons. The monoisotopic (exact) mass is 216 g/mol. The third-order valence-corrected chi connectivity index (χ3v) is 3.30. The molecule has 0 saturated carbocycles. The van der Waals surface area contributed by atoms with Crippen molar-refractivity contribution < 1.29 is 0 Å². The van der Waals surface area contributed by atoms with Crippen molar-refractivity contribution in [1.82, 2.24) is 9.97 Å². The summed E-state index contributed by atoms with van der Waals surface area (Å²) >= 11 is 0. The second-order valence-corrected chi connectivity index (χ2v) is 4.30. The molecule has 1 aromatic carbocycles. The van der Waals surface area contributed by atoms with Gasteiger partial charge in [0.1, 0.15) is 0 Å². The summed E-state index contributed by atoms with van der Waals surface area (Å²) in [6, 6.07) is 8.56. The first-order valence-electron chi connectivity index (χ1n) is 5.80. The van der Waals surface area contributed by atoms with Gasteiger partial charge in [-0.2, -0.15) is 0 Å². The molecule has 1 aliphatic rings. The van der Waals surface area contributed by atoms with E-state index in [9.17, 15) is 0 Å². The van der Waals surface area contributed by atoms with E-state index in [2.05, 4.69) is 20.9 Å². The molecule has 16 heavy (non-hydrogen) atoms. The predicted octanol–water partition coefficient (Wildman–Crippen LogP) is 1.49. The third kappa shape index (κ3) is 1.46. The predicted molar refractivity (Wildman–Crippen MR) is 65.5 cm³/mol. The summed E-state index contributed by atoms with van der Waals surface area (Å²) in [6.45, 7) is 1.76. The SMILES string of the molecule is NC[C@H]1CCCN1c1nc2ccccc2[nH]1. The molecular weight excluding hydrogens is 200 g/mol. The number of nitrogens with zero attached hydrogens (tertiary/aromatic N) is 2. The highest BCUT2D eigenvalue weighted by Crippen LogP contribution is 2.24. The molecule has 3 rings (SSSR count). The zero-order valence-electron chi connectivity index (χ0n) is 9.19. The number of benzene rings is 1. The highest BCUT2D eigenvalue weighted by Gasteiger charge is 2.25. The Kier molecular flexibility index (Phi) is 2.29. The van der Waals surface area contributed by atoms with Crippen LogP contribution in [0.5, 0.6) is 0 Å². The molecule has 0 spiro atoms. The Balaban J connectivity index is 1.99. The van der Waals surface area contributed by atoms with E-state index in [4.69, 9.17) is 5.73 Å². The Morgan fingerprint density at radius 2 is 2.31 bits per heavy atom. The van der Waals surface area contributed by atoms with Gasteiger partial charge in [0.05, 0.1) is 11.0 Å². The van der Waals surface area contributed by atoms with Crippen LogP contribution in [0.4, 0.5) is 5.95 Å². The van der Waals surface area contributed by atoms with Crippen LogP contribution in [-0.4, -0.2) is 29.1 Å². The first-order valence-corrected chi connectivity index (χ1v) is 5.80. The lowest BCUT2D eigenvalue weighted by Crippen LogP contribution is -2.36. The quantitative estimate of drug-likeness (QED) is 0.799. The molecule has 4 heteroatoms. The number of aromatic amines is 1. The average Bonchev–Trinajstić information content (AvgIpc) is 2.94. The van der Waals surface area contributed by atoms with Crippen molar-refractivity contribution in [3.63, 3.8) is 0 Å². The molecule has 1 atom stereocenters. The van der Waals surface area contributed by atoms with Crippen LogP contribution in [0.15, 0.2) is 24.3 Å². The van der Waals surface area contributed by atoms with E-state index in [1.165, 1.54) is 12.8 Å². The topological polar surface area (TPSA) is 57.9 Å². The summed E-state index contributed by atoms with van der Waals surface area (Å²) in [4.78, 5) is 10.3. The van der Waals surface area contributed by atoms with Gasteiger partial charge in [-0.25, -0.2) is 4.98 Å². The van der Waals surface area contributed by atoms with Crippen molar-refractivity contribution in [3.05, 3.63) is 24.3 Å². The summed E-state index contributed by atoms with van der Waals surface area (Å²) in [6.07, 6.45) is 2.38. The fraction of sp³-hybridized carbons (Fsp3) is 0.417. The van der Waals surface area contributed by atoms with Gasteiger partial charge in [0.25, 0.3) is 0 Å². The number of imidazole rings is 1. The molecule has 3 N–H and O–H groups in total. The Morgan fingerprint density at radius 1 is 1.44 bits per heavy atom. The third-order valence-electron chi connectivity index (χ3n) is 3.30. The van der Waals surface area contributed by atoms with Gasteiger partial charge < -0.3 is 15.6 Å². The summed E-state index contributed by atoms with van der Waals surface area (Å²) in [5, 5.41) is 0. The van der Waals surface area contributed by atoms with Crippen LogP contribution in [0.25, 0.3) is 11.0 Å². The minimum absolute atomic E-state index is 0.445. The molecule has 0 bridgehead atoms. The Labute approximate surface area is 94.5 Å². The molecule has 1 aromatic heterocycles.